The molecule has 5 nitrogen and oxygen atoms in total. The molecule has 0 bridgehead atoms. The van der Waals surface area contributed by atoms with Gasteiger partial charge in [0.25, 0.3) is 5.91 Å². The second-order valence-electron chi connectivity index (χ2n) is 3.84. The number of benzene rings is 1. The summed E-state index contributed by atoms with van der Waals surface area (Å²) in [5.41, 5.74) is 0.281. The van der Waals surface area contributed by atoms with E-state index >= 15 is 0 Å². The van der Waals surface area contributed by atoms with Crippen molar-refractivity contribution in [2.45, 2.75) is 6.42 Å². The highest BCUT2D eigenvalue weighted by Crippen LogP contribution is 2.34. The fourth-order valence-corrected chi connectivity index (χ4v) is 2.11. The molecule has 7 heteroatoms. The van der Waals surface area contributed by atoms with Crippen LogP contribution in [0.3, 0.4) is 0 Å². The van der Waals surface area contributed by atoms with Crippen LogP contribution in [0.25, 0.3) is 0 Å². The highest BCUT2D eigenvalue weighted by Gasteiger charge is 2.17. The maximum atomic E-state index is 12.0. The van der Waals surface area contributed by atoms with Crippen molar-refractivity contribution in [1.82, 2.24) is 4.90 Å². The molecule has 0 unspecified atom stereocenters. The van der Waals surface area contributed by atoms with Crippen LogP contribution < -0.4 is 4.74 Å². The number of amides is 1. The molecule has 1 aromatic carbocycles. The SMILES string of the molecule is COc1c(Cl)cc(C(=O)N(C)CCC(=O)O)cc1Cl. The highest BCUT2D eigenvalue weighted by atomic mass is 35.5. The van der Waals surface area contributed by atoms with E-state index in [0.717, 1.165) is 0 Å². The summed E-state index contributed by atoms with van der Waals surface area (Å²) in [6, 6.07) is 2.87. The van der Waals surface area contributed by atoms with E-state index < -0.39 is 5.97 Å². The predicted molar refractivity (Wildman–Crippen MR) is 72.2 cm³/mol. The predicted octanol–water partition coefficient (Wildman–Crippen LogP) is 2.55. The molecule has 1 amide bonds. The Balaban J connectivity index is 2.91. The summed E-state index contributed by atoms with van der Waals surface area (Å²) < 4.78 is 4.98. The van der Waals surface area contributed by atoms with Gasteiger partial charge < -0.3 is 14.7 Å². The van der Waals surface area contributed by atoms with Crippen molar-refractivity contribution in [2.75, 3.05) is 20.7 Å². The Bertz CT molecular complexity index is 481. The molecule has 0 saturated heterocycles. The Labute approximate surface area is 120 Å². The minimum absolute atomic E-state index is 0.107. The van der Waals surface area contributed by atoms with Crippen LogP contribution in [0.15, 0.2) is 12.1 Å². The van der Waals surface area contributed by atoms with Crippen LogP contribution in [0.2, 0.25) is 10.0 Å². The van der Waals surface area contributed by atoms with Crippen LogP contribution in [0.5, 0.6) is 5.75 Å². The van der Waals surface area contributed by atoms with E-state index in [-0.39, 0.29) is 34.5 Å². The number of hydrogen-bond acceptors (Lipinski definition) is 3. The molecule has 0 radical (unpaired) electrons. The first-order valence-electron chi connectivity index (χ1n) is 5.37. The number of carbonyl (C=O) groups excluding carboxylic acids is 1. The minimum atomic E-state index is -0.967. The fourth-order valence-electron chi connectivity index (χ4n) is 1.46. The summed E-state index contributed by atoms with van der Waals surface area (Å²) in [6.45, 7) is 0.107. The number of hydrogen-bond donors (Lipinski definition) is 1. The summed E-state index contributed by atoms with van der Waals surface area (Å²) in [5.74, 6) is -1.02. The molecule has 1 aromatic rings. The number of nitrogens with zero attached hydrogens (tertiary/aromatic N) is 1. The van der Waals surface area contributed by atoms with Crippen molar-refractivity contribution in [3.05, 3.63) is 27.7 Å². The van der Waals surface area contributed by atoms with Gasteiger partial charge in [0.1, 0.15) is 0 Å². The summed E-state index contributed by atoms with van der Waals surface area (Å²) >= 11 is 11.9. The lowest BCUT2D eigenvalue weighted by atomic mass is 10.2. The van der Waals surface area contributed by atoms with Gasteiger partial charge in [-0.15, -0.1) is 0 Å². The molecule has 0 spiro atoms. The molecule has 19 heavy (non-hydrogen) atoms. The van der Waals surface area contributed by atoms with Gasteiger partial charge in [0, 0.05) is 19.2 Å². The molecule has 0 aromatic heterocycles. The number of carboxylic acids is 1. The van der Waals surface area contributed by atoms with E-state index in [9.17, 15) is 9.59 Å². The standard InChI is InChI=1S/C12H13Cl2NO4/c1-15(4-3-10(16)17)12(18)7-5-8(13)11(19-2)9(14)6-7/h5-6H,3-4H2,1-2H3,(H,16,17). The van der Waals surface area contributed by atoms with E-state index in [2.05, 4.69) is 0 Å². The average molecular weight is 306 g/mol. The monoisotopic (exact) mass is 305 g/mol. The molecular formula is C12H13Cl2NO4. The third-order valence-corrected chi connectivity index (χ3v) is 3.02. The molecular weight excluding hydrogens is 293 g/mol. The lowest BCUT2D eigenvalue weighted by Gasteiger charge is -2.17. The lowest BCUT2D eigenvalue weighted by Crippen LogP contribution is -2.29. The third-order valence-electron chi connectivity index (χ3n) is 2.46. The van der Waals surface area contributed by atoms with Gasteiger partial charge in [-0.1, -0.05) is 23.2 Å². The molecule has 0 atom stereocenters. The van der Waals surface area contributed by atoms with Crippen molar-refractivity contribution >= 4 is 35.1 Å². The zero-order valence-electron chi connectivity index (χ0n) is 10.4. The van der Waals surface area contributed by atoms with E-state index in [1.807, 2.05) is 0 Å². The van der Waals surface area contributed by atoms with Crippen molar-refractivity contribution in [3.63, 3.8) is 0 Å². The molecule has 0 fully saturated rings. The normalized spacial score (nSPS) is 10.1. The summed E-state index contributed by atoms with van der Waals surface area (Å²) in [6.07, 6.45) is -0.125. The second-order valence-corrected chi connectivity index (χ2v) is 4.66. The number of rotatable bonds is 5. The van der Waals surface area contributed by atoms with E-state index in [0.29, 0.717) is 5.75 Å². The maximum Gasteiger partial charge on any atom is 0.305 e. The van der Waals surface area contributed by atoms with E-state index in [4.69, 9.17) is 33.0 Å². The number of aliphatic carboxylic acids is 1. The van der Waals surface area contributed by atoms with Crippen LogP contribution >= 0.6 is 23.2 Å². The van der Waals surface area contributed by atoms with Gasteiger partial charge in [0.15, 0.2) is 5.75 Å². The maximum absolute atomic E-state index is 12.0. The average Bonchev–Trinajstić information content (AvgIpc) is 2.34. The van der Waals surface area contributed by atoms with Gasteiger partial charge in [0.05, 0.1) is 23.6 Å². The van der Waals surface area contributed by atoms with Crippen molar-refractivity contribution in [3.8, 4) is 5.75 Å². The van der Waals surface area contributed by atoms with Crippen molar-refractivity contribution in [1.29, 1.82) is 0 Å². The van der Waals surface area contributed by atoms with Gasteiger partial charge >= 0.3 is 5.97 Å². The first kappa shape index (κ1) is 15.6. The Kier molecular flexibility index (Phi) is 5.44. The quantitative estimate of drug-likeness (QED) is 0.908. The van der Waals surface area contributed by atoms with Gasteiger partial charge in [-0.25, -0.2) is 0 Å². The molecule has 0 aliphatic heterocycles. The zero-order chi connectivity index (χ0) is 14.6. The third kappa shape index (κ3) is 4.01. The number of ether oxygens (including phenoxy) is 1. The first-order valence-corrected chi connectivity index (χ1v) is 6.12. The van der Waals surface area contributed by atoms with E-state index in [1.54, 1.807) is 0 Å². The summed E-state index contributed by atoms with van der Waals surface area (Å²) in [7, 11) is 2.94. The minimum Gasteiger partial charge on any atom is -0.494 e. The molecule has 1 N–H and O–H groups in total. The van der Waals surface area contributed by atoms with Crippen LogP contribution in [0.1, 0.15) is 16.8 Å². The largest absolute Gasteiger partial charge is 0.494 e. The summed E-state index contributed by atoms with van der Waals surface area (Å²) in [5, 5.41) is 9.03. The lowest BCUT2D eigenvalue weighted by molar-refractivity contribution is -0.137. The number of halogens is 2. The molecule has 0 saturated carbocycles. The Morgan fingerprint density at radius 3 is 2.26 bits per heavy atom. The van der Waals surface area contributed by atoms with Crippen LogP contribution in [0.4, 0.5) is 0 Å². The molecule has 1 rings (SSSR count). The van der Waals surface area contributed by atoms with Gasteiger partial charge in [0.2, 0.25) is 0 Å². The van der Waals surface area contributed by atoms with E-state index in [1.165, 1.54) is 31.2 Å². The number of carbonyl (C=O) groups is 2. The van der Waals surface area contributed by atoms with Crippen LogP contribution in [-0.4, -0.2) is 42.6 Å². The highest BCUT2D eigenvalue weighted by molar-refractivity contribution is 6.37. The topological polar surface area (TPSA) is 66.8 Å². The number of carboxylic acid groups (broad SMARTS) is 1. The Morgan fingerprint density at radius 2 is 1.84 bits per heavy atom. The molecule has 0 aliphatic carbocycles. The van der Waals surface area contributed by atoms with Crippen molar-refractivity contribution < 1.29 is 19.4 Å². The number of methoxy groups -OCH3 is 1. The van der Waals surface area contributed by atoms with Gasteiger partial charge in [-0.05, 0) is 12.1 Å². The second kappa shape index (κ2) is 6.63. The van der Waals surface area contributed by atoms with Crippen LogP contribution in [0, 0.1) is 0 Å². The summed E-state index contributed by atoms with van der Waals surface area (Å²) in [4.78, 5) is 23.8. The first-order chi connectivity index (χ1) is 8.86. The van der Waals surface area contributed by atoms with Gasteiger partial charge in [-0.2, -0.15) is 0 Å². The molecule has 104 valence electrons. The molecule has 0 heterocycles. The van der Waals surface area contributed by atoms with Crippen molar-refractivity contribution in [2.24, 2.45) is 0 Å². The smallest absolute Gasteiger partial charge is 0.305 e. The Morgan fingerprint density at radius 1 is 1.32 bits per heavy atom. The fraction of sp³-hybridized carbons (Fsp3) is 0.333. The zero-order valence-corrected chi connectivity index (χ0v) is 12.0. The molecule has 0 aliphatic rings. The van der Waals surface area contributed by atoms with Gasteiger partial charge in [-0.3, -0.25) is 9.59 Å². The van der Waals surface area contributed by atoms with Crippen LogP contribution in [-0.2, 0) is 4.79 Å². The Hall–Kier alpha value is -1.46.